The highest BCUT2D eigenvalue weighted by atomic mass is 35.5. The maximum Gasteiger partial charge on any atom is 0.211 e. The SMILES string of the molecule is O=S(=O)(CCCO)NCc1cccc(Cl)c1. The molecule has 0 amide bonds. The molecule has 1 rings (SSSR count). The third-order valence-corrected chi connectivity index (χ3v) is 3.60. The lowest BCUT2D eigenvalue weighted by molar-refractivity contribution is 0.295. The molecule has 16 heavy (non-hydrogen) atoms. The summed E-state index contributed by atoms with van der Waals surface area (Å²) in [4.78, 5) is 0. The Morgan fingerprint density at radius 3 is 2.75 bits per heavy atom. The van der Waals surface area contributed by atoms with Gasteiger partial charge < -0.3 is 5.11 Å². The third kappa shape index (κ3) is 4.94. The highest BCUT2D eigenvalue weighted by Crippen LogP contribution is 2.10. The molecule has 0 atom stereocenters. The monoisotopic (exact) mass is 263 g/mol. The van der Waals surface area contributed by atoms with E-state index in [0.29, 0.717) is 5.02 Å². The summed E-state index contributed by atoms with van der Waals surface area (Å²) >= 11 is 5.77. The summed E-state index contributed by atoms with van der Waals surface area (Å²) in [6, 6.07) is 6.99. The fourth-order valence-electron chi connectivity index (χ4n) is 1.17. The van der Waals surface area contributed by atoms with Gasteiger partial charge in [-0.2, -0.15) is 0 Å². The van der Waals surface area contributed by atoms with E-state index in [1.54, 1.807) is 24.3 Å². The van der Waals surface area contributed by atoms with Crippen LogP contribution < -0.4 is 4.72 Å². The summed E-state index contributed by atoms with van der Waals surface area (Å²) in [5.41, 5.74) is 0.806. The van der Waals surface area contributed by atoms with Gasteiger partial charge in [-0.1, -0.05) is 23.7 Å². The number of aliphatic hydroxyl groups excluding tert-OH is 1. The van der Waals surface area contributed by atoms with Crippen LogP contribution >= 0.6 is 11.6 Å². The second kappa shape index (κ2) is 6.20. The second-order valence-corrected chi connectivity index (χ2v) is 5.71. The molecule has 0 saturated heterocycles. The van der Waals surface area contributed by atoms with Gasteiger partial charge >= 0.3 is 0 Å². The zero-order valence-corrected chi connectivity index (χ0v) is 10.3. The summed E-state index contributed by atoms with van der Waals surface area (Å²) in [5, 5.41) is 9.12. The minimum Gasteiger partial charge on any atom is -0.396 e. The zero-order chi connectivity index (χ0) is 12.0. The van der Waals surface area contributed by atoms with Crippen molar-refractivity contribution >= 4 is 21.6 Å². The van der Waals surface area contributed by atoms with E-state index in [1.807, 2.05) is 0 Å². The van der Waals surface area contributed by atoms with E-state index < -0.39 is 10.0 Å². The van der Waals surface area contributed by atoms with Gasteiger partial charge in [0, 0.05) is 18.2 Å². The molecule has 2 N–H and O–H groups in total. The molecule has 0 aliphatic heterocycles. The number of rotatable bonds is 6. The standard InChI is InChI=1S/C10H14ClNO3S/c11-10-4-1-3-9(7-10)8-12-16(14,15)6-2-5-13/h1,3-4,7,12-13H,2,5-6,8H2. The van der Waals surface area contributed by atoms with Crippen molar-refractivity contribution in [1.29, 1.82) is 0 Å². The minimum atomic E-state index is -3.31. The van der Waals surface area contributed by atoms with E-state index in [1.165, 1.54) is 0 Å². The number of sulfonamides is 1. The van der Waals surface area contributed by atoms with Crippen molar-refractivity contribution in [2.24, 2.45) is 0 Å². The van der Waals surface area contributed by atoms with E-state index in [9.17, 15) is 8.42 Å². The molecule has 6 heteroatoms. The fourth-order valence-corrected chi connectivity index (χ4v) is 2.42. The van der Waals surface area contributed by atoms with Crippen LogP contribution in [0.3, 0.4) is 0 Å². The van der Waals surface area contributed by atoms with Crippen molar-refractivity contribution in [2.75, 3.05) is 12.4 Å². The average molecular weight is 264 g/mol. The molecule has 0 radical (unpaired) electrons. The molecule has 0 heterocycles. The van der Waals surface area contributed by atoms with Gasteiger partial charge in [-0.15, -0.1) is 0 Å². The Balaban J connectivity index is 2.51. The predicted molar refractivity (Wildman–Crippen MR) is 63.8 cm³/mol. The maximum atomic E-state index is 11.4. The molecule has 0 aromatic heterocycles. The Hall–Kier alpha value is -0.620. The van der Waals surface area contributed by atoms with Gasteiger partial charge in [0.15, 0.2) is 0 Å². The lowest BCUT2D eigenvalue weighted by Crippen LogP contribution is -2.26. The van der Waals surface area contributed by atoms with Crippen molar-refractivity contribution in [2.45, 2.75) is 13.0 Å². The lowest BCUT2D eigenvalue weighted by atomic mass is 10.2. The molecule has 1 aromatic carbocycles. The Labute approximate surface area is 100 Å². The van der Waals surface area contributed by atoms with Crippen LogP contribution in [-0.4, -0.2) is 25.9 Å². The summed E-state index contributed by atoms with van der Waals surface area (Å²) in [6.07, 6.45) is 0.241. The smallest absolute Gasteiger partial charge is 0.211 e. The van der Waals surface area contributed by atoms with Crippen LogP contribution in [0, 0.1) is 0 Å². The molecule has 0 saturated carbocycles. The predicted octanol–water partition coefficient (Wildman–Crippen LogP) is 1.14. The number of hydrogen-bond acceptors (Lipinski definition) is 3. The first kappa shape index (κ1) is 13.4. The first-order chi connectivity index (χ1) is 7.53. The first-order valence-corrected chi connectivity index (χ1v) is 6.89. The van der Waals surface area contributed by atoms with Gasteiger partial charge in [-0.3, -0.25) is 0 Å². The van der Waals surface area contributed by atoms with E-state index in [0.717, 1.165) is 5.56 Å². The van der Waals surface area contributed by atoms with Gasteiger partial charge in [0.25, 0.3) is 0 Å². The van der Waals surface area contributed by atoms with Crippen LogP contribution in [0.2, 0.25) is 5.02 Å². The van der Waals surface area contributed by atoms with Crippen LogP contribution in [-0.2, 0) is 16.6 Å². The molecular weight excluding hydrogens is 250 g/mol. The molecular formula is C10H14ClNO3S. The Bertz CT molecular complexity index is 433. The van der Waals surface area contributed by atoms with Crippen molar-refractivity contribution in [1.82, 2.24) is 4.72 Å². The molecule has 1 aromatic rings. The quantitative estimate of drug-likeness (QED) is 0.809. The maximum absolute atomic E-state index is 11.4. The number of hydrogen-bond donors (Lipinski definition) is 2. The number of nitrogens with one attached hydrogen (secondary N) is 1. The molecule has 4 nitrogen and oxygen atoms in total. The summed E-state index contributed by atoms with van der Waals surface area (Å²) < 4.78 is 25.2. The van der Waals surface area contributed by atoms with Gasteiger partial charge in [0.1, 0.15) is 0 Å². The normalized spacial score (nSPS) is 11.6. The summed E-state index contributed by atoms with van der Waals surface area (Å²) in [6.45, 7) is 0.0897. The van der Waals surface area contributed by atoms with Gasteiger partial charge in [0.2, 0.25) is 10.0 Å². The first-order valence-electron chi connectivity index (χ1n) is 4.86. The molecule has 90 valence electrons. The van der Waals surface area contributed by atoms with E-state index in [-0.39, 0.29) is 25.3 Å². The van der Waals surface area contributed by atoms with Gasteiger partial charge in [0.05, 0.1) is 5.75 Å². The van der Waals surface area contributed by atoms with Crippen LogP contribution in [0.5, 0.6) is 0 Å². The number of halogens is 1. The van der Waals surface area contributed by atoms with Crippen molar-refractivity contribution in [3.8, 4) is 0 Å². The summed E-state index contributed by atoms with van der Waals surface area (Å²) in [5.74, 6) is -0.0654. The van der Waals surface area contributed by atoms with Crippen LogP contribution in [0.4, 0.5) is 0 Å². The lowest BCUT2D eigenvalue weighted by Gasteiger charge is -2.06. The van der Waals surface area contributed by atoms with Crippen LogP contribution in [0.15, 0.2) is 24.3 Å². The largest absolute Gasteiger partial charge is 0.396 e. The van der Waals surface area contributed by atoms with E-state index >= 15 is 0 Å². The molecule has 0 fully saturated rings. The fraction of sp³-hybridized carbons (Fsp3) is 0.400. The highest BCUT2D eigenvalue weighted by Gasteiger charge is 2.08. The molecule has 0 unspecified atom stereocenters. The number of benzene rings is 1. The van der Waals surface area contributed by atoms with E-state index in [2.05, 4.69) is 4.72 Å². The van der Waals surface area contributed by atoms with E-state index in [4.69, 9.17) is 16.7 Å². The summed E-state index contributed by atoms with van der Waals surface area (Å²) in [7, 11) is -3.31. The average Bonchev–Trinajstić information content (AvgIpc) is 2.24. The molecule has 0 bridgehead atoms. The van der Waals surface area contributed by atoms with Crippen molar-refractivity contribution in [3.63, 3.8) is 0 Å². The molecule has 0 aliphatic carbocycles. The van der Waals surface area contributed by atoms with Crippen LogP contribution in [0.25, 0.3) is 0 Å². The van der Waals surface area contributed by atoms with Crippen molar-refractivity contribution in [3.05, 3.63) is 34.9 Å². The molecule has 0 spiro atoms. The Kier molecular flexibility index (Phi) is 5.21. The Morgan fingerprint density at radius 1 is 1.38 bits per heavy atom. The second-order valence-electron chi connectivity index (χ2n) is 3.35. The number of aliphatic hydroxyl groups is 1. The topological polar surface area (TPSA) is 66.4 Å². The van der Waals surface area contributed by atoms with Gasteiger partial charge in [-0.25, -0.2) is 13.1 Å². The zero-order valence-electron chi connectivity index (χ0n) is 8.69. The minimum absolute atomic E-state index is 0.0654. The van der Waals surface area contributed by atoms with Crippen LogP contribution in [0.1, 0.15) is 12.0 Å². The highest BCUT2D eigenvalue weighted by molar-refractivity contribution is 7.89. The third-order valence-electron chi connectivity index (χ3n) is 1.96. The van der Waals surface area contributed by atoms with Gasteiger partial charge in [-0.05, 0) is 24.1 Å². The molecule has 0 aliphatic rings. The Morgan fingerprint density at radius 2 is 2.12 bits per heavy atom. The van der Waals surface area contributed by atoms with Crippen molar-refractivity contribution < 1.29 is 13.5 Å².